The molecular formula is C19H24Cl3N5O3. The third kappa shape index (κ3) is 4.99. The van der Waals surface area contributed by atoms with Gasteiger partial charge in [0.2, 0.25) is 12.2 Å². The lowest BCUT2D eigenvalue weighted by molar-refractivity contribution is -0.223. The van der Waals surface area contributed by atoms with E-state index in [1.165, 1.54) is 0 Å². The number of halogens is 3. The summed E-state index contributed by atoms with van der Waals surface area (Å²) in [6.45, 7) is 6.62. The molecule has 0 spiro atoms. The maximum Gasteiger partial charge on any atom is 0.265 e. The average Bonchev–Trinajstić information content (AvgIpc) is 3.16. The topological polar surface area (TPSA) is 95.1 Å². The van der Waals surface area contributed by atoms with E-state index in [9.17, 15) is 0 Å². The fourth-order valence-electron chi connectivity index (χ4n) is 3.44. The molecular weight excluding hydrogens is 453 g/mol. The zero-order chi connectivity index (χ0) is 22.1. The molecule has 3 rings (SSSR count). The molecule has 0 aliphatic carbocycles. The number of rotatable bonds is 5. The first-order valence-electron chi connectivity index (χ1n) is 9.48. The summed E-state index contributed by atoms with van der Waals surface area (Å²) in [6.07, 6.45) is -1.21. The molecule has 2 heterocycles. The minimum Gasteiger partial charge on any atom is -0.497 e. The van der Waals surface area contributed by atoms with Crippen molar-refractivity contribution in [2.75, 3.05) is 7.11 Å². The molecule has 5 atom stereocenters. The van der Waals surface area contributed by atoms with Crippen LogP contribution in [0.25, 0.3) is 0 Å². The molecule has 8 nitrogen and oxygen atoms in total. The second-order valence-corrected chi connectivity index (χ2v) is 9.77. The van der Waals surface area contributed by atoms with Crippen LogP contribution in [0.5, 0.6) is 5.75 Å². The first-order valence-corrected chi connectivity index (χ1v) is 10.6. The summed E-state index contributed by atoms with van der Waals surface area (Å²) < 4.78 is 16.7. The molecule has 1 saturated heterocycles. The molecule has 0 amide bonds. The van der Waals surface area contributed by atoms with E-state index in [1.807, 2.05) is 31.2 Å². The van der Waals surface area contributed by atoms with Crippen molar-refractivity contribution in [3.63, 3.8) is 0 Å². The van der Waals surface area contributed by atoms with Crippen molar-refractivity contribution in [3.05, 3.63) is 35.7 Å². The van der Waals surface area contributed by atoms with Gasteiger partial charge in [0.15, 0.2) is 5.82 Å². The number of methoxy groups -OCH3 is 1. The highest BCUT2D eigenvalue weighted by atomic mass is 35.6. The predicted octanol–water partition coefficient (Wildman–Crippen LogP) is 4.40. The van der Waals surface area contributed by atoms with Gasteiger partial charge < -0.3 is 14.2 Å². The monoisotopic (exact) mass is 475 g/mol. The first-order chi connectivity index (χ1) is 14.1. The highest BCUT2D eigenvalue weighted by Crippen LogP contribution is 2.43. The molecule has 0 saturated carbocycles. The Morgan fingerprint density at radius 3 is 2.40 bits per heavy atom. The second kappa shape index (κ2) is 9.26. The fourth-order valence-corrected chi connectivity index (χ4v) is 3.57. The lowest BCUT2D eigenvalue weighted by Gasteiger charge is -2.42. The van der Waals surface area contributed by atoms with E-state index in [0.29, 0.717) is 12.4 Å². The van der Waals surface area contributed by atoms with Crippen LogP contribution in [0.15, 0.2) is 24.3 Å². The zero-order valence-corrected chi connectivity index (χ0v) is 19.3. The van der Waals surface area contributed by atoms with Crippen LogP contribution < -0.4 is 4.74 Å². The molecule has 1 aromatic carbocycles. The number of hydrogen-bond donors (Lipinski definition) is 1. The Labute approximate surface area is 190 Å². The van der Waals surface area contributed by atoms with Gasteiger partial charge in [0.05, 0.1) is 13.7 Å². The zero-order valence-electron chi connectivity index (χ0n) is 17.1. The summed E-state index contributed by atoms with van der Waals surface area (Å²) in [6, 6.07) is 7.67. The number of tetrazole rings is 1. The van der Waals surface area contributed by atoms with E-state index in [4.69, 9.17) is 54.4 Å². The molecule has 1 N–H and O–H groups in total. The van der Waals surface area contributed by atoms with E-state index in [2.05, 4.69) is 29.4 Å². The van der Waals surface area contributed by atoms with Gasteiger partial charge in [-0.05, 0) is 40.0 Å². The van der Waals surface area contributed by atoms with Crippen molar-refractivity contribution in [3.8, 4) is 5.75 Å². The third-order valence-electron chi connectivity index (χ3n) is 5.64. The summed E-state index contributed by atoms with van der Waals surface area (Å²) in [5, 5.41) is 20.1. The van der Waals surface area contributed by atoms with Gasteiger partial charge in [0, 0.05) is 5.92 Å². The maximum absolute atomic E-state index is 7.89. The molecule has 2 aromatic rings. The standard InChI is InChI=1S/C19H24Cl3N5O3/c1-10-11(2)15(29-17(12(10)3)30-18(23)19(20,21)22)16-24-25-26-27(16)9-13-5-7-14(28-4)8-6-13/h5-8,10-12,15,17,23H,9H2,1-4H3/t10-,11-,12?,15?,17+/m0/s1. The van der Waals surface area contributed by atoms with Crippen LogP contribution >= 0.6 is 34.8 Å². The second-order valence-electron chi connectivity index (χ2n) is 7.49. The number of ether oxygens (including phenoxy) is 3. The Balaban J connectivity index is 1.81. The number of alkyl halides is 3. The van der Waals surface area contributed by atoms with E-state index >= 15 is 0 Å². The van der Waals surface area contributed by atoms with Crippen molar-refractivity contribution in [2.45, 2.75) is 43.5 Å². The Kier molecular flexibility index (Phi) is 7.12. The molecule has 0 bridgehead atoms. The summed E-state index contributed by atoms with van der Waals surface area (Å²) in [4.78, 5) is 0. The Morgan fingerprint density at radius 1 is 1.13 bits per heavy atom. The van der Waals surface area contributed by atoms with Crippen molar-refractivity contribution in [1.29, 1.82) is 5.41 Å². The van der Waals surface area contributed by atoms with Crippen molar-refractivity contribution in [1.82, 2.24) is 20.2 Å². The van der Waals surface area contributed by atoms with Crippen molar-refractivity contribution >= 4 is 40.7 Å². The van der Waals surface area contributed by atoms with Gasteiger partial charge in [-0.25, -0.2) is 4.68 Å². The molecule has 164 valence electrons. The minimum atomic E-state index is -1.96. The van der Waals surface area contributed by atoms with Gasteiger partial charge in [0.25, 0.3) is 3.79 Å². The van der Waals surface area contributed by atoms with E-state index in [-0.39, 0.29) is 17.8 Å². The molecule has 1 aliphatic rings. The van der Waals surface area contributed by atoms with Gasteiger partial charge in [-0.1, -0.05) is 67.7 Å². The number of benzene rings is 1. The summed E-state index contributed by atoms with van der Waals surface area (Å²) >= 11 is 17.3. The maximum atomic E-state index is 7.89. The third-order valence-corrected chi connectivity index (χ3v) is 6.16. The quantitative estimate of drug-likeness (QED) is 0.390. The first kappa shape index (κ1) is 23.1. The highest BCUT2D eigenvalue weighted by Gasteiger charge is 2.45. The summed E-state index contributed by atoms with van der Waals surface area (Å²) in [5.74, 6) is 1.12. The highest BCUT2D eigenvalue weighted by molar-refractivity contribution is 6.76. The molecule has 11 heteroatoms. The van der Waals surface area contributed by atoms with E-state index in [1.54, 1.807) is 11.8 Å². The lowest BCUT2D eigenvalue weighted by atomic mass is 9.78. The average molecular weight is 477 g/mol. The molecule has 1 aliphatic heterocycles. The van der Waals surface area contributed by atoms with Gasteiger partial charge in [0.1, 0.15) is 11.9 Å². The van der Waals surface area contributed by atoms with Gasteiger partial charge in [-0.2, -0.15) is 0 Å². The smallest absolute Gasteiger partial charge is 0.265 e. The summed E-state index contributed by atoms with van der Waals surface area (Å²) in [5.41, 5.74) is 1.01. The van der Waals surface area contributed by atoms with Crippen LogP contribution in [-0.2, 0) is 16.0 Å². The van der Waals surface area contributed by atoms with Crippen molar-refractivity contribution in [2.24, 2.45) is 17.8 Å². The fraction of sp³-hybridized carbons (Fsp3) is 0.579. The number of nitrogens with one attached hydrogen (secondary N) is 1. The Morgan fingerprint density at radius 2 is 1.80 bits per heavy atom. The van der Waals surface area contributed by atoms with Crippen LogP contribution in [-0.4, -0.2) is 43.3 Å². The van der Waals surface area contributed by atoms with Crippen LogP contribution in [0.4, 0.5) is 0 Å². The van der Waals surface area contributed by atoms with Gasteiger partial charge in [-0.3, -0.25) is 5.41 Å². The Bertz CT molecular complexity index is 871. The SMILES string of the molecule is COc1ccc(Cn2nnnc2C2O[C@H](OC(=N)C(Cl)(Cl)Cl)C(C)[C@@H](C)[C@@H]2C)cc1. The lowest BCUT2D eigenvalue weighted by Crippen LogP contribution is -2.44. The molecule has 1 fully saturated rings. The van der Waals surface area contributed by atoms with Gasteiger partial charge >= 0.3 is 0 Å². The van der Waals surface area contributed by atoms with Crippen LogP contribution in [0.2, 0.25) is 0 Å². The normalized spacial score (nSPS) is 27.0. The molecule has 30 heavy (non-hydrogen) atoms. The van der Waals surface area contributed by atoms with E-state index < -0.39 is 22.1 Å². The summed E-state index contributed by atoms with van der Waals surface area (Å²) in [7, 11) is 1.62. The van der Waals surface area contributed by atoms with E-state index in [0.717, 1.165) is 11.3 Å². The van der Waals surface area contributed by atoms with Crippen molar-refractivity contribution < 1.29 is 14.2 Å². The van der Waals surface area contributed by atoms with Crippen LogP contribution in [0.3, 0.4) is 0 Å². The minimum absolute atomic E-state index is 0.0325. The molecule has 1 aromatic heterocycles. The number of aromatic nitrogens is 4. The van der Waals surface area contributed by atoms with Gasteiger partial charge in [-0.15, -0.1) is 5.10 Å². The van der Waals surface area contributed by atoms with Crippen LogP contribution in [0.1, 0.15) is 38.3 Å². The molecule has 2 unspecified atom stereocenters. The Hall–Kier alpha value is -1.61. The van der Waals surface area contributed by atoms with Crippen LogP contribution in [0, 0.1) is 23.2 Å². The number of hydrogen-bond acceptors (Lipinski definition) is 7. The largest absolute Gasteiger partial charge is 0.497 e. The number of nitrogens with zero attached hydrogens (tertiary/aromatic N) is 4. The molecule has 0 radical (unpaired) electrons. The predicted molar refractivity (Wildman–Crippen MR) is 114 cm³/mol.